The molecule has 0 atom stereocenters. The van der Waals surface area contributed by atoms with Crippen molar-refractivity contribution in [2.45, 2.75) is 13.5 Å². The van der Waals surface area contributed by atoms with E-state index in [1.165, 1.54) is 0 Å². The number of thiophene rings is 1. The Morgan fingerprint density at radius 1 is 1.43 bits per heavy atom. The van der Waals surface area contributed by atoms with Crippen molar-refractivity contribution in [3.63, 3.8) is 0 Å². The molecular weight excluding hydrogens is 304 g/mol. The van der Waals surface area contributed by atoms with Crippen molar-refractivity contribution in [1.29, 1.82) is 0 Å². The summed E-state index contributed by atoms with van der Waals surface area (Å²) in [6.45, 7) is 2.70. The van der Waals surface area contributed by atoms with Gasteiger partial charge < -0.3 is 11.1 Å². The van der Waals surface area contributed by atoms with Crippen LogP contribution < -0.4 is 11.1 Å². The van der Waals surface area contributed by atoms with E-state index in [0.717, 1.165) is 16.0 Å². The van der Waals surface area contributed by atoms with Gasteiger partial charge >= 0.3 is 0 Å². The first-order valence-corrected chi connectivity index (χ1v) is 7.66. The Morgan fingerprint density at radius 2 is 2.24 bits per heavy atom. The quantitative estimate of drug-likeness (QED) is 0.855. The van der Waals surface area contributed by atoms with Gasteiger partial charge in [-0.3, -0.25) is 4.79 Å². The zero-order chi connectivity index (χ0) is 15.2. The van der Waals surface area contributed by atoms with Gasteiger partial charge in [0.15, 0.2) is 0 Å². The number of nitrogens with one attached hydrogen (secondary N) is 1. The molecule has 0 saturated carbocycles. The van der Waals surface area contributed by atoms with Crippen LogP contribution in [-0.4, -0.2) is 12.5 Å². The summed E-state index contributed by atoms with van der Waals surface area (Å²) in [7, 11) is 0. The van der Waals surface area contributed by atoms with Gasteiger partial charge in [-0.1, -0.05) is 29.5 Å². The molecule has 21 heavy (non-hydrogen) atoms. The van der Waals surface area contributed by atoms with Gasteiger partial charge in [0.25, 0.3) is 5.91 Å². The van der Waals surface area contributed by atoms with Crippen LogP contribution in [0.1, 0.15) is 26.4 Å². The molecule has 1 aromatic carbocycles. The van der Waals surface area contributed by atoms with Gasteiger partial charge in [0.2, 0.25) is 0 Å². The third-order valence-corrected chi connectivity index (χ3v) is 4.03. The van der Waals surface area contributed by atoms with Crippen LogP contribution in [0.2, 0.25) is 5.02 Å². The summed E-state index contributed by atoms with van der Waals surface area (Å²) in [5.74, 6) is 5.64. The number of carbonyl (C=O) groups is 1. The van der Waals surface area contributed by atoms with Crippen molar-refractivity contribution in [1.82, 2.24) is 5.32 Å². The van der Waals surface area contributed by atoms with Gasteiger partial charge in [0.05, 0.1) is 13.1 Å². The molecular formula is C16H15ClN2OS. The largest absolute Gasteiger partial charge is 0.347 e. The minimum absolute atomic E-state index is 0.127. The van der Waals surface area contributed by atoms with Crippen LogP contribution >= 0.6 is 22.9 Å². The maximum atomic E-state index is 12.2. The van der Waals surface area contributed by atoms with E-state index in [4.69, 9.17) is 17.3 Å². The summed E-state index contributed by atoms with van der Waals surface area (Å²) in [6.07, 6.45) is 0. The van der Waals surface area contributed by atoms with E-state index < -0.39 is 0 Å². The Kier molecular flexibility index (Phi) is 5.40. The predicted molar refractivity (Wildman–Crippen MR) is 87.6 cm³/mol. The monoisotopic (exact) mass is 318 g/mol. The fraction of sp³-hybridized carbons (Fsp3) is 0.188. The maximum Gasteiger partial charge on any atom is 0.251 e. The van der Waals surface area contributed by atoms with Gasteiger partial charge in [-0.15, -0.1) is 11.3 Å². The summed E-state index contributed by atoms with van der Waals surface area (Å²) in [5.41, 5.74) is 7.76. The molecule has 2 rings (SSSR count). The average molecular weight is 319 g/mol. The molecule has 5 heteroatoms. The highest BCUT2D eigenvalue weighted by Crippen LogP contribution is 2.17. The molecule has 0 saturated heterocycles. The minimum atomic E-state index is -0.127. The van der Waals surface area contributed by atoms with E-state index in [-0.39, 0.29) is 5.91 Å². The highest BCUT2D eigenvalue weighted by Gasteiger charge is 2.09. The van der Waals surface area contributed by atoms with Gasteiger partial charge in [0.1, 0.15) is 0 Å². The van der Waals surface area contributed by atoms with Crippen LogP contribution in [-0.2, 0) is 6.54 Å². The van der Waals surface area contributed by atoms with Crippen molar-refractivity contribution < 1.29 is 4.79 Å². The lowest BCUT2D eigenvalue weighted by molar-refractivity contribution is 0.0950. The molecule has 0 aliphatic heterocycles. The number of hydrogen-bond donors (Lipinski definition) is 2. The highest BCUT2D eigenvalue weighted by atomic mass is 35.5. The molecule has 3 N–H and O–H groups in total. The summed E-state index contributed by atoms with van der Waals surface area (Å²) < 4.78 is 0. The summed E-state index contributed by atoms with van der Waals surface area (Å²) in [5, 5.41) is 5.40. The first kappa shape index (κ1) is 15.6. The van der Waals surface area contributed by atoms with E-state index in [2.05, 4.69) is 17.2 Å². The van der Waals surface area contributed by atoms with Crippen LogP contribution in [0.3, 0.4) is 0 Å². The van der Waals surface area contributed by atoms with Crippen LogP contribution in [0.5, 0.6) is 0 Å². The summed E-state index contributed by atoms with van der Waals surface area (Å²) in [4.78, 5) is 13.2. The SMILES string of the molecule is Cc1ccc(Cl)cc1C(=O)NCc1cc(C#CCN)cs1. The van der Waals surface area contributed by atoms with Crippen LogP contribution in [0, 0.1) is 18.8 Å². The Labute approximate surface area is 133 Å². The third kappa shape index (κ3) is 4.33. The Morgan fingerprint density at radius 3 is 3.00 bits per heavy atom. The molecule has 1 amide bonds. The fourth-order valence-corrected chi connectivity index (χ4v) is 2.72. The molecule has 3 nitrogen and oxygen atoms in total. The summed E-state index contributed by atoms with van der Waals surface area (Å²) >= 11 is 7.49. The summed E-state index contributed by atoms with van der Waals surface area (Å²) in [6, 6.07) is 7.25. The van der Waals surface area contributed by atoms with Crippen LogP contribution in [0.4, 0.5) is 0 Å². The zero-order valence-electron chi connectivity index (χ0n) is 11.6. The predicted octanol–water partition coefficient (Wildman–Crippen LogP) is 2.95. The Bertz CT molecular complexity index is 713. The number of aryl methyl sites for hydroxylation is 1. The van der Waals surface area contributed by atoms with E-state index in [9.17, 15) is 4.79 Å². The average Bonchev–Trinajstić information content (AvgIpc) is 2.93. The first-order valence-electron chi connectivity index (χ1n) is 6.41. The lowest BCUT2D eigenvalue weighted by Crippen LogP contribution is -2.23. The zero-order valence-corrected chi connectivity index (χ0v) is 13.1. The van der Waals surface area contributed by atoms with Crippen LogP contribution in [0.15, 0.2) is 29.6 Å². The van der Waals surface area contributed by atoms with Crippen LogP contribution in [0.25, 0.3) is 0 Å². The molecule has 1 heterocycles. The number of amides is 1. The van der Waals surface area contributed by atoms with Crippen molar-refractivity contribution in [2.75, 3.05) is 6.54 Å². The Balaban J connectivity index is 2.01. The number of hydrogen-bond acceptors (Lipinski definition) is 3. The molecule has 0 spiro atoms. The normalized spacial score (nSPS) is 9.86. The lowest BCUT2D eigenvalue weighted by atomic mass is 10.1. The lowest BCUT2D eigenvalue weighted by Gasteiger charge is -2.07. The number of nitrogens with two attached hydrogens (primary N) is 1. The Hall–Kier alpha value is -1.80. The molecule has 0 aliphatic carbocycles. The molecule has 0 bridgehead atoms. The number of rotatable bonds is 3. The topological polar surface area (TPSA) is 55.1 Å². The van der Waals surface area contributed by atoms with E-state index in [0.29, 0.717) is 23.7 Å². The molecule has 0 radical (unpaired) electrons. The minimum Gasteiger partial charge on any atom is -0.347 e. The molecule has 0 aliphatic rings. The molecule has 0 fully saturated rings. The first-order chi connectivity index (χ1) is 10.1. The maximum absolute atomic E-state index is 12.2. The second-order valence-electron chi connectivity index (χ2n) is 4.45. The number of benzene rings is 1. The number of halogens is 1. The van der Waals surface area contributed by atoms with Crippen molar-refractivity contribution in [3.8, 4) is 11.8 Å². The van der Waals surface area contributed by atoms with Crippen molar-refractivity contribution in [3.05, 3.63) is 56.2 Å². The molecule has 2 aromatic rings. The van der Waals surface area contributed by atoms with Gasteiger partial charge in [-0.25, -0.2) is 0 Å². The molecule has 0 unspecified atom stereocenters. The van der Waals surface area contributed by atoms with Crippen molar-refractivity contribution in [2.24, 2.45) is 5.73 Å². The fourth-order valence-electron chi connectivity index (χ4n) is 1.79. The highest BCUT2D eigenvalue weighted by molar-refractivity contribution is 7.10. The number of carbonyl (C=O) groups excluding carboxylic acids is 1. The van der Waals surface area contributed by atoms with Gasteiger partial charge in [-0.2, -0.15) is 0 Å². The second-order valence-corrected chi connectivity index (χ2v) is 5.88. The molecule has 108 valence electrons. The second kappa shape index (κ2) is 7.28. The van der Waals surface area contributed by atoms with Gasteiger partial charge in [0, 0.05) is 26.4 Å². The standard InChI is InChI=1S/C16H15ClN2OS/c1-11-4-5-13(17)8-15(11)16(20)19-9-14-7-12(10-21-14)3-2-6-18/h4-5,7-8,10H,6,9,18H2,1H3,(H,19,20). The smallest absolute Gasteiger partial charge is 0.251 e. The van der Waals surface area contributed by atoms with Gasteiger partial charge in [-0.05, 0) is 30.7 Å². The van der Waals surface area contributed by atoms with E-state index in [1.54, 1.807) is 23.5 Å². The molecule has 1 aromatic heterocycles. The van der Waals surface area contributed by atoms with E-state index in [1.807, 2.05) is 24.4 Å². The van der Waals surface area contributed by atoms with E-state index >= 15 is 0 Å². The van der Waals surface area contributed by atoms with Crippen molar-refractivity contribution >= 4 is 28.8 Å². The third-order valence-electron chi connectivity index (χ3n) is 2.86.